The smallest absolute Gasteiger partial charge is 0.303 e. The van der Waals surface area contributed by atoms with E-state index in [2.05, 4.69) is 16.0 Å². The molecule has 1 aromatic rings. The van der Waals surface area contributed by atoms with Crippen LogP contribution in [0.2, 0.25) is 0 Å². The number of rotatable bonds is 6. The number of pyridine rings is 1. The zero-order valence-electron chi connectivity index (χ0n) is 10.6. The predicted molar refractivity (Wildman–Crippen MR) is 69.4 cm³/mol. The molecule has 1 aliphatic heterocycles. The first-order valence-electron chi connectivity index (χ1n) is 6.58. The molecule has 0 radical (unpaired) electrons. The van der Waals surface area contributed by atoms with Crippen LogP contribution in [0.1, 0.15) is 25.0 Å². The summed E-state index contributed by atoms with van der Waals surface area (Å²) in [4.78, 5) is 17.3. The number of carboxylic acid groups (broad SMARTS) is 1. The monoisotopic (exact) mass is 248 g/mol. The molecule has 2 rings (SSSR count). The fraction of sp³-hybridized carbons (Fsp3) is 0.571. The minimum atomic E-state index is -0.679. The van der Waals surface area contributed by atoms with Gasteiger partial charge in [-0.25, -0.2) is 0 Å². The lowest BCUT2D eigenvalue weighted by Gasteiger charge is -2.15. The van der Waals surface area contributed by atoms with Crippen molar-refractivity contribution in [2.45, 2.75) is 25.7 Å². The van der Waals surface area contributed by atoms with E-state index in [1.54, 1.807) is 0 Å². The van der Waals surface area contributed by atoms with Gasteiger partial charge in [0.1, 0.15) is 0 Å². The van der Waals surface area contributed by atoms with E-state index in [0.717, 1.165) is 44.6 Å². The maximum absolute atomic E-state index is 10.5. The first-order valence-corrected chi connectivity index (χ1v) is 6.58. The second-order valence-electron chi connectivity index (χ2n) is 4.96. The van der Waals surface area contributed by atoms with Crippen LogP contribution in [0.5, 0.6) is 0 Å². The summed E-state index contributed by atoms with van der Waals surface area (Å²) >= 11 is 0. The van der Waals surface area contributed by atoms with Gasteiger partial charge >= 0.3 is 5.97 Å². The second-order valence-corrected chi connectivity index (χ2v) is 4.96. The first-order chi connectivity index (χ1) is 8.74. The fourth-order valence-electron chi connectivity index (χ4n) is 2.50. The largest absolute Gasteiger partial charge is 0.481 e. The van der Waals surface area contributed by atoms with Crippen molar-refractivity contribution in [3.8, 4) is 0 Å². The highest BCUT2D eigenvalue weighted by molar-refractivity contribution is 5.66. The standard InChI is InChI=1S/C14H20N2O2/c17-14(18)5-4-12-6-9-16(11-12)10-7-13-3-1-2-8-15-13/h1-3,8,12H,4-7,9-11H2,(H,17,18). The summed E-state index contributed by atoms with van der Waals surface area (Å²) in [6.45, 7) is 3.16. The molecular weight excluding hydrogens is 228 g/mol. The molecule has 1 atom stereocenters. The third kappa shape index (κ3) is 4.11. The van der Waals surface area contributed by atoms with Gasteiger partial charge in [-0.1, -0.05) is 6.07 Å². The molecule has 0 amide bonds. The molecule has 0 spiro atoms. The lowest BCUT2D eigenvalue weighted by Crippen LogP contribution is -2.23. The third-order valence-corrected chi connectivity index (χ3v) is 3.55. The number of likely N-dealkylation sites (tertiary alicyclic amines) is 1. The molecule has 18 heavy (non-hydrogen) atoms. The lowest BCUT2D eigenvalue weighted by atomic mass is 10.0. The molecule has 1 aromatic heterocycles. The van der Waals surface area contributed by atoms with E-state index in [9.17, 15) is 4.79 Å². The minimum absolute atomic E-state index is 0.304. The average Bonchev–Trinajstić information content (AvgIpc) is 2.83. The van der Waals surface area contributed by atoms with Gasteiger partial charge in [0.25, 0.3) is 0 Å². The Balaban J connectivity index is 1.68. The van der Waals surface area contributed by atoms with E-state index in [0.29, 0.717) is 12.3 Å². The van der Waals surface area contributed by atoms with Crippen LogP contribution in [0.25, 0.3) is 0 Å². The van der Waals surface area contributed by atoms with Crippen molar-refractivity contribution < 1.29 is 9.90 Å². The molecule has 0 bridgehead atoms. The van der Waals surface area contributed by atoms with E-state index in [1.165, 1.54) is 0 Å². The van der Waals surface area contributed by atoms with Gasteiger partial charge in [0, 0.05) is 37.8 Å². The van der Waals surface area contributed by atoms with Gasteiger partial charge in [-0.2, -0.15) is 0 Å². The van der Waals surface area contributed by atoms with E-state index >= 15 is 0 Å². The Labute approximate surface area is 108 Å². The van der Waals surface area contributed by atoms with E-state index in [-0.39, 0.29) is 0 Å². The zero-order valence-corrected chi connectivity index (χ0v) is 10.6. The van der Waals surface area contributed by atoms with Crippen molar-refractivity contribution in [1.29, 1.82) is 0 Å². The normalized spacial score (nSPS) is 20.1. The molecule has 2 heterocycles. The number of carbonyl (C=O) groups is 1. The van der Waals surface area contributed by atoms with Crippen LogP contribution in [0.3, 0.4) is 0 Å². The zero-order chi connectivity index (χ0) is 12.8. The SMILES string of the molecule is O=C(O)CCC1CCN(CCc2ccccn2)C1. The van der Waals surface area contributed by atoms with Crippen LogP contribution in [0.4, 0.5) is 0 Å². The summed E-state index contributed by atoms with van der Waals surface area (Å²) in [5.41, 5.74) is 1.13. The molecule has 0 aromatic carbocycles. The van der Waals surface area contributed by atoms with Gasteiger partial charge in [-0.05, 0) is 37.4 Å². The van der Waals surface area contributed by atoms with Crippen LogP contribution in [0, 0.1) is 5.92 Å². The Bertz CT molecular complexity index is 381. The predicted octanol–water partition coefficient (Wildman–Crippen LogP) is 1.81. The number of nitrogens with zero attached hydrogens (tertiary/aromatic N) is 2. The number of hydrogen-bond acceptors (Lipinski definition) is 3. The Morgan fingerprint density at radius 3 is 3.11 bits per heavy atom. The van der Waals surface area contributed by atoms with Gasteiger partial charge in [0.05, 0.1) is 0 Å². The molecule has 0 saturated carbocycles. The molecule has 4 nitrogen and oxygen atoms in total. The summed E-state index contributed by atoms with van der Waals surface area (Å²) in [5, 5.41) is 8.67. The molecule has 4 heteroatoms. The maximum atomic E-state index is 10.5. The van der Waals surface area contributed by atoms with Crippen molar-refractivity contribution in [3.63, 3.8) is 0 Å². The Morgan fingerprint density at radius 1 is 1.50 bits per heavy atom. The van der Waals surface area contributed by atoms with Gasteiger partial charge < -0.3 is 10.0 Å². The molecular formula is C14H20N2O2. The van der Waals surface area contributed by atoms with Gasteiger partial charge in [0.2, 0.25) is 0 Å². The Hall–Kier alpha value is -1.42. The van der Waals surface area contributed by atoms with Gasteiger partial charge in [-0.15, -0.1) is 0 Å². The van der Waals surface area contributed by atoms with Gasteiger partial charge in [0.15, 0.2) is 0 Å². The third-order valence-electron chi connectivity index (χ3n) is 3.55. The summed E-state index contributed by atoms with van der Waals surface area (Å²) < 4.78 is 0. The number of carboxylic acids is 1. The van der Waals surface area contributed by atoms with Crippen molar-refractivity contribution in [2.24, 2.45) is 5.92 Å². The van der Waals surface area contributed by atoms with Crippen molar-refractivity contribution >= 4 is 5.97 Å². The second kappa shape index (κ2) is 6.50. The summed E-state index contributed by atoms with van der Waals surface area (Å²) in [7, 11) is 0. The van der Waals surface area contributed by atoms with E-state index < -0.39 is 5.97 Å². The number of aromatic nitrogens is 1. The van der Waals surface area contributed by atoms with Crippen LogP contribution in [-0.2, 0) is 11.2 Å². The van der Waals surface area contributed by atoms with E-state index in [1.807, 2.05) is 18.3 Å². The average molecular weight is 248 g/mol. The molecule has 1 fully saturated rings. The van der Waals surface area contributed by atoms with Crippen LogP contribution in [-0.4, -0.2) is 40.6 Å². The Kier molecular flexibility index (Phi) is 4.70. The first kappa shape index (κ1) is 13.0. The van der Waals surface area contributed by atoms with Crippen LogP contribution in [0.15, 0.2) is 24.4 Å². The topological polar surface area (TPSA) is 53.4 Å². The van der Waals surface area contributed by atoms with Crippen LogP contribution >= 0.6 is 0 Å². The van der Waals surface area contributed by atoms with Gasteiger partial charge in [-0.3, -0.25) is 9.78 Å². The highest BCUT2D eigenvalue weighted by atomic mass is 16.4. The van der Waals surface area contributed by atoms with Crippen LogP contribution < -0.4 is 0 Å². The number of aliphatic carboxylic acids is 1. The van der Waals surface area contributed by atoms with Crippen molar-refractivity contribution in [1.82, 2.24) is 9.88 Å². The fourth-order valence-corrected chi connectivity index (χ4v) is 2.50. The molecule has 1 aliphatic rings. The van der Waals surface area contributed by atoms with Crippen molar-refractivity contribution in [3.05, 3.63) is 30.1 Å². The minimum Gasteiger partial charge on any atom is -0.481 e. The molecule has 98 valence electrons. The molecule has 1 saturated heterocycles. The highest BCUT2D eigenvalue weighted by Gasteiger charge is 2.22. The van der Waals surface area contributed by atoms with Crippen molar-refractivity contribution in [2.75, 3.05) is 19.6 Å². The molecule has 1 unspecified atom stereocenters. The summed E-state index contributed by atoms with van der Waals surface area (Å²) in [5.74, 6) is -0.119. The summed E-state index contributed by atoms with van der Waals surface area (Å²) in [6.07, 6.45) is 5.06. The molecule has 1 N–H and O–H groups in total. The number of hydrogen-bond donors (Lipinski definition) is 1. The van der Waals surface area contributed by atoms with E-state index in [4.69, 9.17) is 5.11 Å². The molecule has 0 aliphatic carbocycles. The maximum Gasteiger partial charge on any atom is 0.303 e. The lowest BCUT2D eigenvalue weighted by molar-refractivity contribution is -0.137. The quantitative estimate of drug-likeness (QED) is 0.834. The highest BCUT2D eigenvalue weighted by Crippen LogP contribution is 2.20. The summed E-state index contributed by atoms with van der Waals surface area (Å²) in [6, 6.07) is 6.00. The Morgan fingerprint density at radius 2 is 2.39 bits per heavy atom.